The molecule has 0 fully saturated rings. The Morgan fingerprint density at radius 3 is 2.67 bits per heavy atom. The van der Waals surface area contributed by atoms with Crippen molar-refractivity contribution in [1.29, 1.82) is 0 Å². The Hall–Kier alpha value is -2.36. The van der Waals surface area contributed by atoms with Crippen LogP contribution in [0.5, 0.6) is 0 Å². The van der Waals surface area contributed by atoms with Gasteiger partial charge in [-0.25, -0.2) is 10.8 Å². The fourth-order valence-electron chi connectivity index (χ4n) is 1.68. The molecule has 7 nitrogen and oxygen atoms in total. The maximum absolute atomic E-state index is 12.7. The van der Waals surface area contributed by atoms with Crippen molar-refractivity contribution in [2.75, 3.05) is 17.3 Å². The van der Waals surface area contributed by atoms with Gasteiger partial charge in [-0.15, -0.1) is 0 Å². The minimum atomic E-state index is -4.56. The molecule has 2 heterocycles. The van der Waals surface area contributed by atoms with E-state index in [1.165, 1.54) is 0 Å². The minimum Gasteiger partial charge on any atom is -0.370 e. The van der Waals surface area contributed by atoms with Gasteiger partial charge in [0.2, 0.25) is 5.95 Å². The average molecular weight is 301 g/mol. The second kappa shape index (κ2) is 5.95. The Morgan fingerprint density at radius 1 is 1.33 bits per heavy atom. The second-order valence-electron chi connectivity index (χ2n) is 4.30. The molecule has 2 aromatic rings. The number of aryl methyl sites for hydroxylation is 1. The number of anilines is 2. The van der Waals surface area contributed by atoms with E-state index in [0.717, 1.165) is 11.6 Å². The molecule has 0 aliphatic carbocycles. The molecule has 0 aliphatic heterocycles. The molecule has 0 aliphatic rings. The van der Waals surface area contributed by atoms with Crippen LogP contribution >= 0.6 is 0 Å². The van der Waals surface area contributed by atoms with Gasteiger partial charge < -0.3 is 5.32 Å². The van der Waals surface area contributed by atoms with Crippen LogP contribution in [-0.4, -0.2) is 26.3 Å². The summed E-state index contributed by atoms with van der Waals surface area (Å²) in [7, 11) is 1.79. The molecule has 114 valence electrons. The number of halogens is 3. The fourth-order valence-corrected chi connectivity index (χ4v) is 1.68. The molecule has 0 amide bonds. The summed E-state index contributed by atoms with van der Waals surface area (Å²) in [4.78, 5) is 7.09. The second-order valence-corrected chi connectivity index (χ2v) is 4.30. The van der Waals surface area contributed by atoms with Crippen molar-refractivity contribution >= 4 is 11.8 Å². The van der Waals surface area contributed by atoms with E-state index in [9.17, 15) is 13.2 Å². The molecular formula is C11H14F3N7. The van der Waals surface area contributed by atoms with Crippen LogP contribution in [0.15, 0.2) is 18.5 Å². The van der Waals surface area contributed by atoms with Gasteiger partial charge in [-0.1, -0.05) is 0 Å². The van der Waals surface area contributed by atoms with Crippen LogP contribution in [0.1, 0.15) is 11.3 Å². The molecule has 4 N–H and O–H groups in total. The molecule has 0 radical (unpaired) electrons. The number of rotatable bonds is 5. The van der Waals surface area contributed by atoms with Gasteiger partial charge in [-0.05, 0) is 12.0 Å². The standard InChI is InChI=1S/C11H14F3N7/c1-21-6-7(5-17-21)2-3-16-9-4-8(11(12,13)14)18-10(19-9)20-15/h4-6H,2-3,15H2,1H3,(H2,16,18,19,20). The number of nitrogen functional groups attached to an aromatic ring is 1. The smallest absolute Gasteiger partial charge is 0.370 e. The number of nitrogens with two attached hydrogens (primary N) is 1. The predicted octanol–water partition coefficient (Wildman–Crippen LogP) is 1.17. The van der Waals surface area contributed by atoms with Crippen LogP contribution in [0.25, 0.3) is 0 Å². The number of nitrogens with one attached hydrogen (secondary N) is 2. The van der Waals surface area contributed by atoms with E-state index in [0.29, 0.717) is 13.0 Å². The van der Waals surface area contributed by atoms with Crippen molar-refractivity contribution in [2.24, 2.45) is 12.9 Å². The fraction of sp³-hybridized carbons (Fsp3) is 0.364. The van der Waals surface area contributed by atoms with Gasteiger partial charge in [0.1, 0.15) is 5.82 Å². The van der Waals surface area contributed by atoms with Crippen molar-refractivity contribution in [3.63, 3.8) is 0 Å². The maximum atomic E-state index is 12.7. The van der Waals surface area contributed by atoms with E-state index in [1.54, 1.807) is 17.9 Å². The lowest BCUT2D eigenvalue weighted by Gasteiger charge is -2.11. The lowest BCUT2D eigenvalue weighted by Crippen LogP contribution is -2.17. The Balaban J connectivity index is 2.05. The first kappa shape index (κ1) is 15.0. The van der Waals surface area contributed by atoms with Gasteiger partial charge in [-0.3, -0.25) is 10.1 Å². The van der Waals surface area contributed by atoms with Gasteiger partial charge >= 0.3 is 6.18 Å². The summed E-state index contributed by atoms with van der Waals surface area (Å²) in [5.74, 6) is 4.82. The van der Waals surface area contributed by atoms with Crippen LogP contribution < -0.4 is 16.6 Å². The van der Waals surface area contributed by atoms with Crippen molar-refractivity contribution in [1.82, 2.24) is 19.7 Å². The van der Waals surface area contributed by atoms with Gasteiger partial charge in [0.25, 0.3) is 0 Å². The monoisotopic (exact) mass is 301 g/mol. The molecule has 0 saturated heterocycles. The van der Waals surface area contributed by atoms with Crippen LogP contribution in [-0.2, 0) is 19.6 Å². The lowest BCUT2D eigenvalue weighted by molar-refractivity contribution is -0.141. The number of aromatic nitrogens is 4. The van der Waals surface area contributed by atoms with Crippen LogP contribution in [0.3, 0.4) is 0 Å². The molecular weight excluding hydrogens is 287 g/mol. The number of hydrogen-bond acceptors (Lipinski definition) is 6. The molecule has 0 unspecified atom stereocenters. The van der Waals surface area contributed by atoms with E-state index >= 15 is 0 Å². The molecule has 0 bridgehead atoms. The zero-order chi connectivity index (χ0) is 15.5. The highest BCUT2D eigenvalue weighted by molar-refractivity contribution is 5.42. The van der Waals surface area contributed by atoms with Crippen LogP contribution in [0.4, 0.5) is 24.9 Å². The zero-order valence-electron chi connectivity index (χ0n) is 11.1. The molecule has 21 heavy (non-hydrogen) atoms. The number of hydrazine groups is 1. The van der Waals surface area contributed by atoms with Gasteiger partial charge in [0, 0.05) is 25.9 Å². The predicted molar refractivity (Wildman–Crippen MR) is 70.2 cm³/mol. The van der Waals surface area contributed by atoms with Crippen LogP contribution in [0.2, 0.25) is 0 Å². The summed E-state index contributed by atoms with van der Waals surface area (Å²) < 4.78 is 39.7. The summed E-state index contributed by atoms with van der Waals surface area (Å²) in [6, 6.07) is 0.837. The molecule has 0 saturated carbocycles. The van der Waals surface area contributed by atoms with Crippen molar-refractivity contribution in [2.45, 2.75) is 12.6 Å². The summed E-state index contributed by atoms with van der Waals surface area (Å²) >= 11 is 0. The molecule has 2 aromatic heterocycles. The third-order valence-corrected chi connectivity index (χ3v) is 2.62. The largest absolute Gasteiger partial charge is 0.433 e. The Morgan fingerprint density at radius 2 is 2.10 bits per heavy atom. The molecule has 0 spiro atoms. The van der Waals surface area contributed by atoms with E-state index in [1.807, 2.05) is 11.6 Å². The third-order valence-electron chi connectivity index (χ3n) is 2.62. The van der Waals surface area contributed by atoms with E-state index < -0.39 is 11.9 Å². The highest BCUT2D eigenvalue weighted by atomic mass is 19.4. The first-order chi connectivity index (χ1) is 9.88. The van der Waals surface area contributed by atoms with E-state index in [4.69, 9.17) is 5.84 Å². The van der Waals surface area contributed by atoms with E-state index in [-0.39, 0.29) is 11.8 Å². The van der Waals surface area contributed by atoms with E-state index in [2.05, 4.69) is 20.4 Å². The minimum absolute atomic E-state index is 0.0502. The first-order valence-corrected chi connectivity index (χ1v) is 6.03. The summed E-state index contributed by atoms with van der Waals surface area (Å²) in [6.07, 6.45) is -0.440. The average Bonchev–Trinajstić information content (AvgIpc) is 2.83. The third kappa shape index (κ3) is 4.05. The van der Waals surface area contributed by atoms with Gasteiger partial charge in [-0.2, -0.15) is 23.3 Å². The Kier molecular flexibility index (Phi) is 4.26. The molecule has 10 heteroatoms. The summed E-state index contributed by atoms with van der Waals surface area (Å²) in [5, 5.41) is 6.81. The zero-order valence-corrected chi connectivity index (χ0v) is 11.1. The van der Waals surface area contributed by atoms with Crippen molar-refractivity contribution < 1.29 is 13.2 Å². The highest BCUT2D eigenvalue weighted by Crippen LogP contribution is 2.29. The topological polar surface area (TPSA) is 93.7 Å². The maximum Gasteiger partial charge on any atom is 0.433 e. The highest BCUT2D eigenvalue weighted by Gasteiger charge is 2.33. The van der Waals surface area contributed by atoms with Crippen LogP contribution in [0, 0.1) is 0 Å². The number of alkyl halides is 3. The Labute approximate surface area is 118 Å². The SMILES string of the molecule is Cn1cc(CCNc2cc(C(F)(F)F)nc(NN)n2)cn1. The Bertz CT molecular complexity index is 608. The molecule has 0 atom stereocenters. The number of hydrogen-bond donors (Lipinski definition) is 3. The molecule has 0 aromatic carbocycles. The van der Waals surface area contributed by atoms with Gasteiger partial charge in [0.15, 0.2) is 5.69 Å². The summed E-state index contributed by atoms with van der Waals surface area (Å²) in [5.41, 5.74) is 1.92. The summed E-state index contributed by atoms with van der Waals surface area (Å²) in [6.45, 7) is 0.407. The first-order valence-electron chi connectivity index (χ1n) is 6.03. The van der Waals surface area contributed by atoms with Gasteiger partial charge in [0.05, 0.1) is 6.20 Å². The normalized spacial score (nSPS) is 11.5. The van der Waals surface area contributed by atoms with Crippen molar-refractivity contribution in [3.05, 3.63) is 29.7 Å². The number of nitrogens with zero attached hydrogens (tertiary/aromatic N) is 4. The lowest BCUT2D eigenvalue weighted by atomic mass is 10.2. The quantitative estimate of drug-likeness (QED) is 0.567. The molecule has 2 rings (SSSR count). The van der Waals surface area contributed by atoms with Crippen molar-refractivity contribution in [3.8, 4) is 0 Å².